The standard InChI is InChI=1S/C19H16Cl2F3NO5S/c20-15-10-16(21)17(31(27,28)25-4-6-29-7-5-25)9-14(15)18(26)30-11-12-2-1-3-13(8-12)19(22,23)24/h1-3,8-10H,4-7,11H2. The highest BCUT2D eigenvalue weighted by Crippen LogP contribution is 2.32. The molecule has 1 fully saturated rings. The number of carbonyl (C=O) groups excluding carboxylic acids is 1. The minimum Gasteiger partial charge on any atom is -0.457 e. The van der Waals surface area contributed by atoms with E-state index < -0.39 is 34.3 Å². The van der Waals surface area contributed by atoms with E-state index in [0.29, 0.717) is 0 Å². The van der Waals surface area contributed by atoms with Crippen molar-refractivity contribution in [2.45, 2.75) is 17.7 Å². The zero-order valence-corrected chi connectivity index (χ0v) is 18.1. The van der Waals surface area contributed by atoms with Crippen molar-refractivity contribution in [1.29, 1.82) is 0 Å². The van der Waals surface area contributed by atoms with Gasteiger partial charge in [-0.2, -0.15) is 17.5 Å². The Hall–Kier alpha value is -1.85. The largest absolute Gasteiger partial charge is 0.457 e. The number of ether oxygens (including phenoxy) is 2. The van der Waals surface area contributed by atoms with Crippen LogP contribution in [0, 0.1) is 0 Å². The molecular weight excluding hydrogens is 482 g/mol. The van der Waals surface area contributed by atoms with Crippen LogP contribution in [-0.4, -0.2) is 45.0 Å². The van der Waals surface area contributed by atoms with Gasteiger partial charge in [0, 0.05) is 13.1 Å². The molecule has 168 valence electrons. The van der Waals surface area contributed by atoms with Crippen molar-refractivity contribution < 1.29 is 35.9 Å². The van der Waals surface area contributed by atoms with Gasteiger partial charge in [-0.1, -0.05) is 35.3 Å². The normalized spacial score (nSPS) is 15.6. The molecule has 6 nitrogen and oxygen atoms in total. The second-order valence-electron chi connectivity index (χ2n) is 6.55. The summed E-state index contributed by atoms with van der Waals surface area (Å²) in [5.74, 6) is -1.00. The van der Waals surface area contributed by atoms with E-state index in [1.54, 1.807) is 0 Å². The van der Waals surface area contributed by atoms with Crippen molar-refractivity contribution in [2.75, 3.05) is 26.3 Å². The van der Waals surface area contributed by atoms with Crippen molar-refractivity contribution in [1.82, 2.24) is 4.31 Å². The first-order valence-electron chi connectivity index (χ1n) is 8.90. The number of nitrogens with zero attached hydrogens (tertiary/aromatic N) is 1. The van der Waals surface area contributed by atoms with Gasteiger partial charge in [0.2, 0.25) is 10.0 Å². The highest BCUT2D eigenvalue weighted by atomic mass is 35.5. The molecule has 0 amide bonds. The van der Waals surface area contributed by atoms with Crippen molar-refractivity contribution in [3.05, 3.63) is 63.1 Å². The summed E-state index contributed by atoms with van der Waals surface area (Å²) < 4.78 is 75.6. The van der Waals surface area contributed by atoms with Gasteiger partial charge in [-0.25, -0.2) is 13.2 Å². The zero-order valence-electron chi connectivity index (χ0n) is 15.8. The molecule has 2 aromatic carbocycles. The number of hydrogen-bond donors (Lipinski definition) is 0. The smallest absolute Gasteiger partial charge is 0.416 e. The fourth-order valence-corrected chi connectivity index (χ4v) is 5.11. The van der Waals surface area contributed by atoms with Crippen molar-refractivity contribution in [3.8, 4) is 0 Å². The van der Waals surface area contributed by atoms with Crippen LogP contribution < -0.4 is 0 Å². The van der Waals surface area contributed by atoms with Crippen LogP contribution in [0.3, 0.4) is 0 Å². The first kappa shape index (κ1) is 23.8. The number of alkyl halides is 3. The van der Waals surface area contributed by atoms with Gasteiger partial charge in [-0.05, 0) is 29.8 Å². The zero-order chi connectivity index (χ0) is 22.8. The lowest BCUT2D eigenvalue weighted by Crippen LogP contribution is -2.40. The minimum atomic E-state index is -4.54. The van der Waals surface area contributed by atoms with Gasteiger partial charge >= 0.3 is 12.1 Å². The Labute approximate surface area is 186 Å². The van der Waals surface area contributed by atoms with Crippen LogP contribution in [0.1, 0.15) is 21.5 Å². The average Bonchev–Trinajstić information content (AvgIpc) is 2.72. The second-order valence-corrected chi connectivity index (χ2v) is 9.27. The summed E-state index contributed by atoms with van der Waals surface area (Å²) in [7, 11) is -4.02. The molecule has 0 atom stereocenters. The number of hydrogen-bond acceptors (Lipinski definition) is 5. The molecule has 1 aliphatic rings. The quantitative estimate of drug-likeness (QED) is 0.572. The number of halogens is 5. The topological polar surface area (TPSA) is 72.9 Å². The Kier molecular flexibility index (Phi) is 7.17. The third kappa shape index (κ3) is 5.50. The van der Waals surface area contributed by atoms with E-state index in [4.69, 9.17) is 32.7 Å². The lowest BCUT2D eigenvalue weighted by atomic mass is 10.1. The summed E-state index contributed by atoms with van der Waals surface area (Å²) in [4.78, 5) is 12.2. The number of morpholine rings is 1. The summed E-state index contributed by atoms with van der Waals surface area (Å²) >= 11 is 12.1. The highest BCUT2D eigenvalue weighted by molar-refractivity contribution is 7.89. The summed E-state index contributed by atoms with van der Waals surface area (Å²) in [5, 5.41) is -0.328. The lowest BCUT2D eigenvalue weighted by Gasteiger charge is -2.26. The third-order valence-electron chi connectivity index (χ3n) is 4.45. The SMILES string of the molecule is O=C(OCc1cccc(C(F)(F)F)c1)c1cc(S(=O)(=O)N2CCOCC2)c(Cl)cc1Cl. The van der Waals surface area contributed by atoms with E-state index in [1.807, 2.05) is 0 Å². The van der Waals surface area contributed by atoms with Gasteiger partial charge < -0.3 is 9.47 Å². The minimum absolute atomic E-state index is 0.106. The molecule has 12 heteroatoms. The maximum atomic E-state index is 12.9. The predicted octanol–water partition coefficient (Wildman–Crippen LogP) is 4.39. The fraction of sp³-hybridized carbons (Fsp3) is 0.316. The Bertz CT molecular complexity index is 1090. The summed E-state index contributed by atoms with van der Waals surface area (Å²) in [6, 6.07) is 6.41. The van der Waals surface area contributed by atoms with E-state index in [1.165, 1.54) is 16.4 Å². The molecule has 3 rings (SSSR count). The molecule has 31 heavy (non-hydrogen) atoms. The average molecular weight is 498 g/mol. The van der Waals surface area contributed by atoms with Crippen LogP contribution in [-0.2, 0) is 32.3 Å². The monoisotopic (exact) mass is 497 g/mol. The maximum Gasteiger partial charge on any atom is 0.416 e. The van der Waals surface area contributed by atoms with Gasteiger partial charge in [0.1, 0.15) is 11.5 Å². The van der Waals surface area contributed by atoms with E-state index in [0.717, 1.165) is 24.3 Å². The fourth-order valence-electron chi connectivity index (χ4n) is 2.87. The number of benzene rings is 2. The number of carbonyl (C=O) groups is 1. The predicted molar refractivity (Wildman–Crippen MR) is 107 cm³/mol. The Balaban J connectivity index is 1.83. The molecule has 0 spiro atoms. The number of rotatable bonds is 5. The molecular formula is C19H16Cl2F3NO5S. The third-order valence-corrected chi connectivity index (χ3v) is 7.13. The van der Waals surface area contributed by atoms with Crippen LogP contribution in [0.5, 0.6) is 0 Å². The van der Waals surface area contributed by atoms with Crippen LogP contribution in [0.15, 0.2) is 41.3 Å². The van der Waals surface area contributed by atoms with Crippen molar-refractivity contribution in [3.63, 3.8) is 0 Å². The Morgan fingerprint density at radius 2 is 1.77 bits per heavy atom. The summed E-state index contributed by atoms with van der Waals surface area (Å²) in [6.07, 6.45) is -4.54. The molecule has 0 aliphatic carbocycles. The van der Waals surface area contributed by atoms with Crippen LogP contribution >= 0.6 is 23.2 Å². The lowest BCUT2D eigenvalue weighted by molar-refractivity contribution is -0.137. The van der Waals surface area contributed by atoms with Gasteiger partial charge in [0.15, 0.2) is 0 Å². The van der Waals surface area contributed by atoms with E-state index >= 15 is 0 Å². The Morgan fingerprint density at radius 3 is 2.42 bits per heavy atom. The second kappa shape index (κ2) is 9.33. The van der Waals surface area contributed by atoms with Crippen LogP contribution in [0.2, 0.25) is 10.0 Å². The molecule has 1 aliphatic heterocycles. The molecule has 0 bridgehead atoms. The van der Waals surface area contributed by atoms with E-state index in [2.05, 4.69) is 0 Å². The van der Waals surface area contributed by atoms with Crippen molar-refractivity contribution in [2.24, 2.45) is 0 Å². The highest BCUT2D eigenvalue weighted by Gasteiger charge is 2.31. The van der Waals surface area contributed by atoms with Crippen LogP contribution in [0.25, 0.3) is 0 Å². The van der Waals surface area contributed by atoms with Gasteiger partial charge in [-0.15, -0.1) is 0 Å². The first-order valence-corrected chi connectivity index (χ1v) is 11.1. The molecule has 0 radical (unpaired) electrons. The molecule has 0 unspecified atom stereocenters. The number of esters is 1. The molecule has 0 aromatic heterocycles. The molecule has 1 heterocycles. The van der Waals surface area contributed by atoms with Gasteiger partial charge in [0.05, 0.1) is 34.4 Å². The molecule has 1 saturated heterocycles. The molecule has 2 aromatic rings. The first-order chi connectivity index (χ1) is 14.5. The maximum absolute atomic E-state index is 12.9. The van der Waals surface area contributed by atoms with E-state index in [-0.39, 0.29) is 52.4 Å². The number of sulfonamides is 1. The molecule has 0 saturated carbocycles. The van der Waals surface area contributed by atoms with E-state index in [9.17, 15) is 26.4 Å². The van der Waals surface area contributed by atoms with Gasteiger partial charge in [0.25, 0.3) is 0 Å². The Morgan fingerprint density at radius 1 is 1.10 bits per heavy atom. The van der Waals surface area contributed by atoms with Crippen molar-refractivity contribution >= 4 is 39.2 Å². The van der Waals surface area contributed by atoms with Crippen LogP contribution in [0.4, 0.5) is 13.2 Å². The van der Waals surface area contributed by atoms with Gasteiger partial charge in [-0.3, -0.25) is 0 Å². The summed E-state index contributed by atoms with van der Waals surface area (Å²) in [6.45, 7) is 0.215. The summed E-state index contributed by atoms with van der Waals surface area (Å²) in [5.41, 5.74) is -1.05. The molecule has 0 N–H and O–H groups in total.